The number of hydrogen-bond donors (Lipinski definition) is 0. The van der Waals surface area contributed by atoms with E-state index in [4.69, 9.17) is 4.52 Å². The van der Waals surface area contributed by atoms with E-state index < -0.39 is 0 Å². The average Bonchev–Trinajstić information content (AvgIpc) is 2.94. The van der Waals surface area contributed by atoms with Crippen LogP contribution in [0.15, 0.2) is 22.9 Å². The number of aryl methyl sites for hydroxylation is 2. The Morgan fingerprint density at radius 1 is 1.32 bits per heavy atom. The van der Waals surface area contributed by atoms with Crippen molar-refractivity contribution >= 4 is 5.91 Å². The maximum atomic E-state index is 11.9. The molecule has 1 aliphatic heterocycles. The molecule has 1 aliphatic rings. The lowest BCUT2D eigenvalue weighted by Crippen LogP contribution is -2.40. The van der Waals surface area contributed by atoms with E-state index in [-0.39, 0.29) is 5.91 Å². The molecule has 3 heterocycles. The molecule has 25 heavy (non-hydrogen) atoms. The van der Waals surface area contributed by atoms with Crippen LogP contribution in [0.3, 0.4) is 0 Å². The van der Waals surface area contributed by atoms with E-state index in [0.717, 1.165) is 48.6 Å². The van der Waals surface area contributed by atoms with E-state index in [1.165, 1.54) is 5.56 Å². The number of likely N-dealkylation sites (tertiary alicyclic amines) is 1. The summed E-state index contributed by atoms with van der Waals surface area (Å²) in [5.41, 5.74) is 4.11. The van der Waals surface area contributed by atoms with Crippen molar-refractivity contribution in [3.63, 3.8) is 0 Å². The number of likely N-dealkylation sites (N-methyl/N-ethyl adjacent to an activating group) is 1. The van der Waals surface area contributed by atoms with E-state index in [1.54, 1.807) is 4.90 Å². The quantitative estimate of drug-likeness (QED) is 0.855. The van der Waals surface area contributed by atoms with Gasteiger partial charge in [-0.2, -0.15) is 0 Å². The van der Waals surface area contributed by atoms with Gasteiger partial charge in [-0.25, -0.2) is 0 Å². The van der Waals surface area contributed by atoms with Crippen molar-refractivity contribution < 1.29 is 9.32 Å². The molecule has 0 bridgehead atoms. The summed E-state index contributed by atoms with van der Waals surface area (Å²) in [6, 6.07) is 4.27. The van der Waals surface area contributed by atoms with Gasteiger partial charge in [-0.05, 0) is 63.4 Å². The van der Waals surface area contributed by atoms with Crippen molar-refractivity contribution in [3.05, 3.63) is 35.3 Å². The second-order valence-electron chi connectivity index (χ2n) is 7.01. The van der Waals surface area contributed by atoms with Gasteiger partial charge >= 0.3 is 0 Å². The summed E-state index contributed by atoms with van der Waals surface area (Å²) in [4.78, 5) is 20.3. The number of hydrogen-bond acceptors (Lipinski definition) is 5. The molecular weight excluding hydrogens is 316 g/mol. The third-order valence-corrected chi connectivity index (χ3v) is 4.99. The van der Waals surface area contributed by atoms with Gasteiger partial charge in [0.25, 0.3) is 0 Å². The fraction of sp³-hybridized carbons (Fsp3) is 0.526. The fourth-order valence-corrected chi connectivity index (χ4v) is 3.44. The number of carbonyl (C=O) groups is 1. The first kappa shape index (κ1) is 17.6. The highest BCUT2D eigenvalue weighted by Crippen LogP contribution is 2.31. The van der Waals surface area contributed by atoms with Gasteiger partial charge in [0.05, 0.1) is 23.5 Å². The Morgan fingerprint density at radius 3 is 2.64 bits per heavy atom. The highest BCUT2D eigenvalue weighted by Gasteiger charge is 2.23. The summed E-state index contributed by atoms with van der Waals surface area (Å²) in [5.74, 6) is 1.48. The maximum Gasteiger partial charge on any atom is 0.236 e. The zero-order chi connectivity index (χ0) is 18.0. The largest absolute Gasteiger partial charge is 0.361 e. The molecule has 2 aromatic rings. The van der Waals surface area contributed by atoms with Crippen LogP contribution in [0.2, 0.25) is 0 Å². The van der Waals surface area contributed by atoms with Crippen LogP contribution in [0.4, 0.5) is 0 Å². The lowest BCUT2D eigenvalue weighted by atomic mass is 9.89. The molecule has 0 spiro atoms. The van der Waals surface area contributed by atoms with Gasteiger partial charge in [0.15, 0.2) is 0 Å². The number of rotatable bonds is 4. The van der Waals surface area contributed by atoms with Crippen LogP contribution in [0.5, 0.6) is 0 Å². The van der Waals surface area contributed by atoms with Gasteiger partial charge in [0, 0.05) is 20.3 Å². The van der Waals surface area contributed by atoms with Crippen LogP contribution in [0, 0.1) is 13.8 Å². The minimum Gasteiger partial charge on any atom is -0.361 e. The number of pyridine rings is 1. The first-order valence-corrected chi connectivity index (χ1v) is 8.77. The Bertz CT molecular complexity index is 726. The second kappa shape index (κ2) is 7.35. The Kier molecular flexibility index (Phi) is 5.18. The SMILES string of the molecule is Cc1noc(C)c1-c1cc(C2CCN(CC(=O)N(C)C)CC2)ccn1. The smallest absolute Gasteiger partial charge is 0.236 e. The van der Waals surface area contributed by atoms with Crippen LogP contribution in [-0.4, -0.2) is 59.6 Å². The number of aromatic nitrogens is 2. The van der Waals surface area contributed by atoms with Crippen LogP contribution in [0.25, 0.3) is 11.3 Å². The summed E-state index contributed by atoms with van der Waals surface area (Å²) >= 11 is 0. The van der Waals surface area contributed by atoms with E-state index in [2.05, 4.69) is 27.2 Å². The van der Waals surface area contributed by atoms with E-state index in [9.17, 15) is 4.79 Å². The molecule has 1 saturated heterocycles. The molecule has 6 heteroatoms. The summed E-state index contributed by atoms with van der Waals surface area (Å²) in [7, 11) is 3.62. The minimum atomic E-state index is 0.169. The predicted molar refractivity (Wildman–Crippen MR) is 96.3 cm³/mol. The van der Waals surface area contributed by atoms with Gasteiger partial charge < -0.3 is 9.42 Å². The third-order valence-electron chi connectivity index (χ3n) is 4.99. The molecular formula is C19H26N4O2. The first-order valence-electron chi connectivity index (χ1n) is 8.77. The van der Waals surface area contributed by atoms with E-state index in [1.807, 2.05) is 34.1 Å². The van der Waals surface area contributed by atoms with Gasteiger partial charge in [-0.3, -0.25) is 14.7 Å². The van der Waals surface area contributed by atoms with Crippen LogP contribution in [-0.2, 0) is 4.79 Å². The van der Waals surface area contributed by atoms with E-state index in [0.29, 0.717) is 12.5 Å². The summed E-state index contributed by atoms with van der Waals surface area (Å²) in [6.07, 6.45) is 4.00. The van der Waals surface area contributed by atoms with Crippen molar-refractivity contribution in [3.8, 4) is 11.3 Å². The lowest BCUT2D eigenvalue weighted by Gasteiger charge is -2.32. The van der Waals surface area contributed by atoms with Crippen LogP contribution < -0.4 is 0 Å². The first-order chi connectivity index (χ1) is 12.0. The Hall–Kier alpha value is -2.21. The van der Waals surface area contributed by atoms with Crippen molar-refractivity contribution in [1.29, 1.82) is 0 Å². The van der Waals surface area contributed by atoms with Crippen LogP contribution >= 0.6 is 0 Å². The zero-order valence-electron chi connectivity index (χ0n) is 15.5. The highest BCUT2D eigenvalue weighted by molar-refractivity contribution is 5.77. The minimum absolute atomic E-state index is 0.169. The molecule has 6 nitrogen and oxygen atoms in total. The van der Waals surface area contributed by atoms with Gasteiger partial charge in [0.2, 0.25) is 5.91 Å². The molecule has 134 valence electrons. The molecule has 1 amide bonds. The number of piperidine rings is 1. The second-order valence-corrected chi connectivity index (χ2v) is 7.01. The molecule has 2 aromatic heterocycles. The maximum absolute atomic E-state index is 11.9. The fourth-order valence-electron chi connectivity index (χ4n) is 3.44. The molecule has 0 atom stereocenters. The molecule has 0 N–H and O–H groups in total. The monoisotopic (exact) mass is 342 g/mol. The van der Waals surface area contributed by atoms with Crippen molar-refractivity contribution in [1.82, 2.24) is 19.9 Å². The van der Waals surface area contributed by atoms with Gasteiger partial charge in [-0.15, -0.1) is 0 Å². The molecule has 3 rings (SSSR count). The Morgan fingerprint density at radius 2 is 2.04 bits per heavy atom. The van der Waals surface area contributed by atoms with Gasteiger partial charge in [-0.1, -0.05) is 5.16 Å². The summed E-state index contributed by atoms with van der Waals surface area (Å²) in [6.45, 7) is 6.28. The third kappa shape index (κ3) is 3.90. The van der Waals surface area contributed by atoms with Crippen LogP contribution in [0.1, 0.15) is 35.8 Å². The van der Waals surface area contributed by atoms with E-state index >= 15 is 0 Å². The lowest BCUT2D eigenvalue weighted by molar-refractivity contribution is -0.130. The molecule has 1 fully saturated rings. The number of amides is 1. The standard InChI is InChI=1S/C19H26N4O2/c1-13-19(14(2)25-21-13)17-11-16(5-8-20-17)15-6-9-23(10-7-15)12-18(24)22(3)4/h5,8,11,15H,6-7,9-10,12H2,1-4H3. The molecule has 0 unspecified atom stereocenters. The molecule has 0 aromatic carbocycles. The Labute approximate surface area is 148 Å². The number of nitrogens with zero attached hydrogens (tertiary/aromatic N) is 4. The molecule has 0 aliphatic carbocycles. The zero-order valence-corrected chi connectivity index (χ0v) is 15.5. The summed E-state index contributed by atoms with van der Waals surface area (Å²) in [5, 5.41) is 4.03. The average molecular weight is 342 g/mol. The normalized spacial score (nSPS) is 16.2. The predicted octanol–water partition coefficient (Wildman–Crippen LogP) is 2.62. The molecule has 0 radical (unpaired) electrons. The molecule has 0 saturated carbocycles. The van der Waals surface area contributed by atoms with Crippen molar-refractivity contribution in [2.45, 2.75) is 32.6 Å². The summed E-state index contributed by atoms with van der Waals surface area (Å²) < 4.78 is 5.27. The Balaban J connectivity index is 1.68. The van der Waals surface area contributed by atoms with Crippen molar-refractivity contribution in [2.24, 2.45) is 0 Å². The number of carbonyl (C=O) groups excluding carboxylic acids is 1. The van der Waals surface area contributed by atoms with Gasteiger partial charge in [0.1, 0.15) is 5.76 Å². The topological polar surface area (TPSA) is 62.5 Å². The highest BCUT2D eigenvalue weighted by atomic mass is 16.5. The van der Waals surface area contributed by atoms with Crippen molar-refractivity contribution in [2.75, 3.05) is 33.7 Å².